The van der Waals surface area contributed by atoms with Gasteiger partial charge in [-0.15, -0.1) is 0 Å². The van der Waals surface area contributed by atoms with Crippen molar-refractivity contribution in [1.29, 1.82) is 0 Å². The molecule has 1 aromatic carbocycles. The van der Waals surface area contributed by atoms with Gasteiger partial charge in [-0.2, -0.15) is 0 Å². The third-order valence-electron chi connectivity index (χ3n) is 3.95. The molecular weight excluding hydrogens is 352 g/mol. The number of halogens is 1. The largest absolute Gasteiger partial charge is 0.405 e. The number of H-pyrrole nitrogens is 2. The second kappa shape index (κ2) is 7.33. The maximum atomic E-state index is 12.4. The molecule has 0 radical (unpaired) electrons. The molecule has 2 aromatic heterocycles. The molecule has 0 saturated heterocycles. The van der Waals surface area contributed by atoms with Crippen LogP contribution in [0.25, 0.3) is 11.2 Å². The van der Waals surface area contributed by atoms with Crippen molar-refractivity contribution in [3.05, 3.63) is 104 Å². The Morgan fingerprint density at radius 2 is 2.08 bits per heavy atom. The van der Waals surface area contributed by atoms with Crippen LogP contribution in [0.4, 0.5) is 0 Å². The number of fused-ring (bicyclic) bond motifs is 1. The fraction of sp³-hybridized carbons (Fsp3) is 0.0526. The standard InChI is InChI=1S/C19H17ClN4O2/c1-2-5-12(8-9-21)16-11-17(25)24-18(22-16)14(19(26)23-24)10-13-6-3-4-7-15(13)20/h2-9,11,22H,1,10,21H2,(H,23,26)/b9-8-,12-5+. The second-order valence-corrected chi connectivity index (χ2v) is 6.02. The van der Waals surface area contributed by atoms with Gasteiger partial charge in [0, 0.05) is 17.5 Å². The van der Waals surface area contributed by atoms with E-state index in [9.17, 15) is 9.59 Å². The van der Waals surface area contributed by atoms with Gasteiger partial charge in [0.25, 0.3) is 11.1 Å². The first-order valence-electron chi connectivity index (χ1n) is 7.87. The van der Waals surface area contributed by atoms with Crippen molar-refractivity contribution in [2.75, 3.05) is 0 Å². The first-order chi connectivity index (χ1) is 12.5. The number of allylic oxidation sites excluding steroid dienone is 4. The highest BCUT2D eigenvalue weighted by molar-refractivity contribution is 6.31. The van der Waals surface area contributed by atoms with Gasteiger partial charge in [0.1, 0.15) is 5.65 Å². The average molecular weight is 369 g/mol. The molecule has 3 rings (SSSR count). The first kappa shape index (κ1) is 17.6. The monoisotopic (exact) mass is 368 g/mol. The van der Waals surface area contributed by atoms with Gasteiger partial charge in [-0.05, 0) is 29.5 Å². The lowest BCUT2D eigenvalue weighted by Gasteiger charge is -2.06. The zero-order valence-electron chi connectivity index (χ0n) is 13.8. The molecule has 132 valence electrons. The van der Waals surface area contributed by atoms with Crippen LogP contribution >= 0.6 is 11.6 Å². The van der Waals surface area contributed by atoms with Crippen molar-refractivity contribution in [2.45, 2.75) is 6.42 Å². The Hall–Kier alpha value is -3.25. The summed E-state index contributed by atoms with van der Waals surface area (Å²) in [4.78, 5) is 28.0. The summed E-state index contributed by atoms with van der Waals surface area (Å²) in [6, 6.07) is 8.65. The van der Waals surface area contributed by atoms with Crippen molar-refractivity contribution >= 4 is 22.8 Å². The van der Waals surface area contributed by atoms with Gasteiger partial charge in [-0.25, -0.2) is 4.52 Å². The number of aromatic nitrogens is 3. The van der Waals surface area contributed by atoms with E-state index in [1.165, 1.54) is 16.8 Å². The minimum atomic E-state index is -0.364. The summed E-state index contributed by atoms with van der Waals surface area (Å²) in [5, 5.41) is 3.12. The lowest BCUT2D eigenvalue weighted by Crippen LogP contribution is -2.16. The van der Waals surface area contributed by atoms with Crippen LogP contribution in [0.5, 0.6) is 0 Å². The Labute approximate surface area is 153 Å². The van der Waals surface area contributed by atoms with Crippen LogP contribution in [0.1, 0.15) is 16.8 Å². The maximum absolute atomic E-state index is 12.4. The molecule has 0 unspecified atom stereocenters. The smallest absolute Gasteiger partial charge is 0.273 e. The van der Waals surface area contributed by atoms with Gasteiger partial charge in [-0.3, -0.25) is 14.7 Å². The van der Waals surface area contributed by atoms with Crippen LogP contribution in [-0.2, 0) is 6.42 Å². The van der Waals surface area contributed by atoms with Crippen LogP contribution < -0.4 is 16.9 Å². The van der Waals surface area contributed by atoms with Crippen LogP contribution in [0.2, 0.25) is 5.02 Å². The van der Waals surface area contributed by atoms with Crippen molar-refractivity contribution < 1.29 is 0 Å². The highest BCUT2D eigenvalue weighted by atomic mass is 35.5. The third-order valence-corrected chi connectivity index (χ3v) is 4.32. The van der Waals surface area contributed by atoms with E-state index in [2.05, 4.69) is 16.7 Å². The Balaban J connectivity index is 2.22. The number of hydrogen-bond acceptors (Lipinski definition) is 3. The number of nitrogens with two attached hydrogens (primary N) is 1. The van der Waals surface area contributed by atoms with E-state index in [4.69, 9.17) is 17.3 Å². The normalized spacial score (nSPS) is 12.1. The summed E-state index contributed by atoms with van der Waals surface area (Å²) < 4.78 is 1.19. The molecule has 6 nitrogen and oxygen atoms in total. The van der Waals surface area contributed by atoms with E-state index in [-0.39, 0.29) is 17.5 Å². The van der Waals surface area contributed by atoms with Crippen LogP contribution in [0.15, 0.2) is 70.9 Å². The Kier molecular flexibility index (Phi) is 4.95. The fourth-order valence-corrected chi connectivity index (χ4v) is 2.94. The zero-order chi connectivity index (χ0) is 18.7. The van der Waals surface area contributed by atoms with Crippen LogP contribution in [-0.4, -0.2) is 14.6 Å². The fourth-order valence-electron chi connectivity index (χ4n) is 2.73. The predicted octanol–water partition coefficient (Wildman–Crippen LogP) is 2.60. The molecule has 0 fully saturated rings. The minimum absolute atomic E-state index is 0.290. The summed E-state index contributed by atoms with van der Waals surface area (Å²) >= 11 is 6.21. The molecular formula is C19H17ClN4O2. The third kappa shape index (κ3) is 3.27. The van der Waals surface area contributed by atoms with Gasteiger partial charge < -0.3 is 10.7 Å². The van der Waals surface area contributed by atoms with E-state index in [0.717, 1.165) is 5.56 Å². The molecule has 26 heavy (non-hydrogen) atoms. The first-order valence-corrected chi connectivity index (χ1v) is 8.24. The molecule has 0 spiro atoms. The number of nitrogens with one attached hydrogen (secondary N) is 2. The second-order valence-electron chi connectivity index (χ2n) is 5.61. The van der Waals surface area contributed by atoms with E-state index < -0.39 is 0 Å². The van der Waals surface area contributed by atoms with Crippen molar-refractivity contribution in [1.82, 2.24) is 14.6 Å². The molecule has 4 N–H and O–H groups in total. The molecule has 0 amide bonds. The molecule has 0 aliphatic carbocycles. The molecule has 0 saturated carbocycles. The highest BCUT2D eigenvalue weighted by Crippen LogP contribution is 2.20. The van der Waals surface area contributed by atoms with Gasteiger partial charge in [-0.1, -0.05) is 48.5 Å². The number of hydrogen-bond donors (Lipinski definition) is 3. The number of aromatic amines is 2. The molecule has 0 atom stereocenters. The van der Waals surface area contributed by atoms with E-state index >= 15 is 0 Å². The van der Waals surface area contributed by atoms with Crippen LogP contribution in [0.3, 0.4) is 0 Å². The summed E-state index contributed by atoms with van der Waals surface area (Å²) in [7, 11) is 0. The quantitative estimate of drug-likeness (QED) is 0.604. The minimum Gasteiger partial charge on any atom is -0.405 e. The highest BCUT2D eigenvalue weighted by Gasteiger charge is 2.15. The Morgan fingerprint density at radius 1 is 1.31 bits per heavy atom. The van der Waals surface area contributed by atoms with Crippen molar-refractivity contribution in [2.24, 2.45) is 5.73 Å². The zero-order valence-corrected chi connectivity index (χ0v) is 14.6. The lowest BCUT2D eigenvalue weighted by atomic mass is 10.1. The van der Waals surface area contributed by atoms with E-state index in [1.54, 1.807) is 24.3 Å². The van der Waals surface area contributed by atoms with E-state index in [1.807, 2.05) is 18.2 Å². The SMILES string of the molecule is C=C/C=C(\C=C/N)c1cc(=O)n2[nH]c(=O)c(Cc3ccccc3Cl)c2[nH]1. The number of benzene rings is 1. The van der Waals surface area contributed by atoms with Crippen molar-refractivity contribution in [3.63, 3.8) is 0 Å². The van der Waals surface area contributed by atoms with Crippen LogP contribution in [0, 0.1) is 0 Å². The Bertz CT molecular complexity index is 1150. The summed E-state index contributed by atoms with van der Waals surface area (Å²) in [5.41, 5.74) is 7.56. The molecule has 0 aliphatic heterocycles. The molecule has 2 heterocycles. The van der Waals surface area contributed by atoms with E-state index in [0.29, 0.717) is 27.5 Å². The average Bonchev–Trinajstić information content (AvgIpc) is 2.93. The van der Waals surface area contributed by atoms with Gasteiger partial charge in [0.05, 0.1) is 11.3 Å². The lowest BCUT2D eigenvalue weighted by molar-refractivity contribution is 0.880. The summed E-state index contributed by atoms with van der Waals surface area (Å²) in [6.07, 6.45) is 6.60. The molecule has 0 aliphatic rings. The molecule has 0 bridgehead atoms. The van der Waals surface area contributed by atoms with Gasteiger partial charge in [0.15, 0.2) is 0 Å². The Morgan fingerprint density at radius 3 is 2.77 bits per heavy atom. The van der Waals surface area contributed by atoms with Gasteiger partial charge in [0.2, 0.25) is 0 Å². The summed E-state index contributed by atoms with van der Waals surface area (Å²) in [6.45, 7) is 3.66. The number of rotatable bonds is 5. The number of nitrogens with zero attached hydrogens (tertiary/aromatic N) is 1. The van der Waals surface area contributed by atoms with Gasteiger partial charge >= 0.3 is 0 Å². The topological polar surface area (TPSA) is 96.2 Å². The van der Waals surface area contributed by atoms with Crippen molar-refractivity contribution in [3.8, 4) is 0 Å². The summed E-state index contributed by atoms with van der Waals surface area (Å²) in [5.74, 6) is 0. The predicted molar refractivity (Wildman–Crippen MR) is 104 cm³/mol. The maximum Gasteiger partial charge on any atom is 0.273 e. The molecule has 7 heteroatoms. The molecule has 3 aromatic rings.